The molecule has 1 N–H and O–H groups in total. The van der Waals surface area contributed by atoms with E-state index in [-0.39, 0.29) is 31.6 Å². The van der Waals surface area contributed by atoms with Crippen LogP contribution < -0.4 is 0 Å². The van der Waals surface area contributed by atoms with Crippen molar-refractivity contribution in [3.63, 3.8) is 0 Å². The average molecular weight is 683 g/mol. The van der Waals surface area contributed by atoms with E-state index in [0.29, 0.717) is 0 Å². The molecule has 37 heavy (non-hydrogen) atoms. The Morgan fingerprint density at radius 3 is 2.24 bits per heavy atom. The predicted octanol–water partition coefficient (Wildman–Crippen LogP) is 8.75. The summed E-state index contributed by atoms with van der Waals surface area (Å²) in [4.78, 5) is 16.1. The maximum Gasteiger partial charge on any atom is 0.155 e. The Morgan fingerprint density at radius 1 is 0.919 bits per heavy atom. The van der Waals surface area contributed by atoms with Crippen LogP contribution in [0.4, 0.5) is 0 Å². The van der Waals surface area contributed by atoms with Gasteiger partial charge in [-0.3, -0.25) is 4.79 Å². The summed E-state index contributed by atoms with van der Waals surface area (Å²) in [7, 11) is 0. The molecular formula is C32H28IrNO2S-. The second-order valence-electron chi connectivity index (χ2n) is 8.74. The van der Waals surface area contributed by atoms with E-state index in [1.807, 2.05) is 29.7 Å². The number of ketones is 1. The van der Waals surface area contributed by atoms with Gasteiger partial charge in [-0.25, -0.2) is 0 Å². The average Bonchev–Trinajstić information content (AvgIpc) is 3.27. The zero-order valence-corrected chi connectivity index (χ0v) is 24.4. The number of carbonyl (C=O) groups is 1. The van der Waals surface area contributed by atoms with E-state index in [0.717, 1.165) is 11.3 Å². The summed E-state index contributed by atoms with van der Waals surface area (Å²) in [5, 5.41) is 9.60. The molecule has 5 heteroatoms. The monoisotopic (exact) mass is 683 g/mol. The number of nitrogens with zero attached hydrogens (tertiary/aromatic N) is 1. The number of carbonyl (C=O) groups excluding carboxylic acids is 1. The quantitative estimate of drug-likeness (QED) is 0.117. The van der Waals surface area contributed by atoms with Gasteiger partial charge in [-0.15, -0.1) is 46.7 Å². The van der Waals surface area contributed by atoms with Gasteiger partial charge in [-0.1, -0.05) is 54.6 Å². The molecule has 0 aliphatic rings. The minimum atomic E-state index is -0.125. The molecule has 1 radical (unpaired) electrons. The Labute approximate surface area is 235 Å². The molecule has 2 aromatic heterocycles. The molecule has 0 spiro atoms. The van der Waals surface area contributed by atoms with E-state index in [4.69, 9.17) is 10.1 Å². The fourth-order valence-corrected chi connectivity index (χ4v) is 5.33. The number of aliphatic hydroxyl groups excluding tert-OH is 1. The van der Waals surface area contributed by atoms with Crippen LogP contribution in [0.5, 0.6) is 0 Å². The number of hydrogen-bond acceptors (Lipinski definition) is 4. The number of aromatic nitrogens is 1. The Balaban J connectivity index is 0.000000422. The summed E-state index contributed by atoms with van der Waals surface area (Å²) >= 11 is 1.81. The molecule has 0 unspecified atom stereocenters. The number of benzene rings is 3. The summed E-state index contributed by atoms with van der Waals surface area (Å²) < 4.78 is 1.21. The number of aryl methyl sites for hydroxylation is 2. The first-order chi connectivity index (χ1) is 17.3. The van der Waals surface area contributed by atoms with E-state index in [1.165, 1.54) is 62.7 Å². The molecular weight excluding hydrogens is 655 g/mol. The zero-order chi connectivity index (χ0) is 25.7. The normalized spacial score (nSPS) is 10.9. The molecule has 2 heterocycles. The third kappa shape index (κ3) is 7.11. The third-order valence-corrected chi connectivity index (χ3v) is 6.83. The van der Waals surface area contributed by atoms with Gasteiger partial charge in [0, 0.05) is 37.3 Å². The maximum atomic E-state index is 10.0. The van der Waals surface area contributed by atoms with Gasteiger partial charge in [0.1, 0.15) is 0 Å². The minimum absolute atomic E-state index is 0. The van der Waals surface area contributed by atoms with Crippen LogP contribution in [-0.2, 0) is 24.9 Å². The van der Waals surface area contributed by atoms with Gasteiger partial charge in [-0.2, -0.15) is 0 Å². The van der Waals surface area contributed by atoms with Crippen LogP contribution in [0.2, 0.25) is 0 Å². The number of pyridine rings is 1. The predicted molar refractivity (Wildman–Crippen MR) is 151 cm³/mol. The summed E-state index contributed by atoms with van der Waals surface area (Å²) in [6.45, 7) is 7.21. The first-order valence-electron chi connectivity index (χ1n) is 11.7. The molecule has 3 nitrogen and oxygen atoms in total. The van der Waals surface area contributed by atoms with Gasteiger partial charge >= 0.3 is 0 Å². The Bertz CT molecular complexity index is 1530. The summed E-state index contributed by atoms with van der Waals surface area (Å²) in [6.07, 6.45) is 3.16. The molecule has 0 fully saturated rings. The molecule has 0 amide bonds. The van der Waals surface area contributed by atoms with Crippen molar-refractivity contribution >= 4 is 27.2 Å². The van der Waals surface area contributed by atoms with E-state index in [1.54, 1.807) is 0 Å². The molecule has 0 bridgehead atoms. The van der Waals surface area contributed by atoms with Crippen molar-refractivity contribution in [3.8, 4) is 32.8 Å². The van der Waals surface area contributed by atoms with E-state index < -0.39 is 0 Å². The van der Waals surface area contributed by atoms with Crippen LogP contribution in [0.25, 0.3) is 42.9 Å². The van der Waals surface area contributed by atoms with Crippen molar-refractivity contribution in [2.24, 2.45) is 0 Å². The van der Waals surface area contributed by atoms with Gasteiger partial charge in [0.25, 0.3) is 0 Å². The van der Waals surface area contributed by atoms with Gasteiger partial charge in [0.15, 0.2) is 5.78 Å². The van der Waals surface area contributed by atoms with Gasteiger partial charge in [-0.05, 0) is 67.1 Å². The van der Waals surface area contributed by atoms with Crippen molar-refractivity contribution in [2.75, 3.05) is 0 Å². The third-order valence-electron chi connectivity index (χ3n) is 5.73. The van der Waals surface area contributed by atoms with E-state index >= 15 is 0 Å². The van der Waals surface area contributed by atoms with Crippen LogP contribution in [0.3, 0.4) is 0 Å². The molecule has 0 saturated heterocycles. The first kappa shape index (κ1) is 28.2. The maximum absolute atomic E-state index is 10.0. The molecule has 189 valence electrons. The second kappa shape index (κ2) is 12.7. The van der Waals surface area contributed by atoms with Crippen molar-refractivity contribution in [3.05, 3.63) is 114 Å². The number of thiophene rings is 1. The number of fused-ring (bicyclic) bond motifs is 1. The van der Waals surface area contributed by atoms with Crippen molar-refractivity contribution in [1.82, 2.24) is 4.98 Å². The summed E-state index contributed by atoms with van der Waals surface area (Å²) in [6, 6.07) is 31.0. The van der Waals surface area contributed by atoms with Crippen LogP contribution >= 0.6 is 11.3 Å². The van der Waals surface area contributed by atoms with Gasteiger partial charge in [0.05, 0.1) is 10.5 Å². The second-order valence-corrected chi connectivity index (χ2v) is 9.82. The van der Waals surface area contributed by atoms with Crippen LogP contribution in [0.15, 0.2) is 96.9 Å². The van der Waals surface area contributed by atoms with Crippen LogP contribution in [0.1, 0.15) is 25.0 Å². The van der Waals surface area contributed by atoms with E-state index in [2.05, 4.69) is 86.6 Å². The molecule has 0 aliphatic heterocycles. The smallest absolute Gasteiger partial charge is 0.155 e. The Kier molecular flexibility index (Phi) is 9.71. The number of hydrogen-bond donors (Lipinski definition) is 1. The molecule has 0 aliphatic carbocycles. The van der Waals surface area contributed by atoms with Crippen molar-refractivity contribution < 1.29 is 30.0 Å². The number of rotatable bonds is 4. The van der Waals surface area contributed by atoms with Crippen molar-refractivity contribution in [2.45, 2.75) is 27.7 Å². The van der Waals surface area contributed by atoms with Crippen LogP contribution in [0, 0.1) is 19.9 Å². The van der Waals surface area contributed by atoms with Gasteiger partial charge < -0.3 is 10.1 Å². The largest absolute Gasteiger partial charge is 0.512 e. The minimum Gasteiger partial charge on any atom is -0.512 e. The summed E-state index contributed by atoms with van der Waals surface area (Å²) in [5.41, 5.74) is 8.34. The van der Waals surface area contributed by atoms with Gasteiger partial charge in [0.2, 0.25) is 0 Å². The zero-order valence-electron chi connectivity index (χ0n) is 21.2. The van der Waals surface area contributed by atoms with E-state index in [9.17, 15) is 4.79 Å². The first-order valence-corrected chi connectivity index (χ1v) is 12.5. The summed E-state index contributed by atoms with van der Waals surface area (Å²) in [5.74, 6) is -0.0625. The Hall–Kier alpha value is -3.37. The SMILES string of the molecule is CC(=O)/C=C(/C)O.Cc1cccc(C)c1-c1cc2cc(-c3[c-]ccc(-c4ccccc4)c3)ncc2s1.[Ir]. The molecule has 0 atom stereocenters. The molecule has 5 aromatic rings. The number of allylic oxidation sites excluding steroid dienone is 2. The van der Waals surface area contributed by atoms with Crippen molar-refractivity contribution in [1.29, 1.82) is 0 Å². The molecule has 3 aromatic carbocycles. The molecule has 5 rings (SSSR count). The Morgan fingerprint density at radius 2 is 1.62 bits per heavy atom. The fourth-order valence-electron chi connectivity index (χ4n) is 4.14. The fraction of sp³-hybridized carbons (Fsp3) is 0.125. The van der Waals surface area contributed by atoms with Crippen LogP contribution in [-0.4, -0.2) is 15.9 Å². The number of aliphatic hydroxyl groups is 1. The molecule has 0 saturated carbocycles. The topological polar surface area (TPSA) is 50.2 Å². The standard InChI is InChI=1S/C27H20NS.C5H8O2.Ir/c1-18-8-6-9-19(2)27(18)25-16-23-15-24(28-17-26(23)29-25)22-13-7-12-21(14-22)20-10-4-3-5-11-20;1-4(6)3-5(2)7;/h3-12,14-17H,1-2H3;3,6H,1-2H3;/q-1;;/b;4-3-;.